The van der Waals surface area contributed by atoms with Crippen molar-refractivity contribution < 1.29 is 4.79 Å². The van der Waals surface area contributed by atoms with Gasteiger partial charge in [0.15, 0.2) is 6.29 Å². The molecule has 3 aromatic heterocycles. The Morgan fingerprint density at radius 1 is 1.14 bits per heavy atom. The minimum atomic E-state index is 0.733. The molecular formula is C19H15NOS. The zero-order chi connectivity index (χ0) is 15.1. The lowest BCUT2D eigenvalue weighted by atomic mass is 10.2. The smallest absolute Gasteiger partial charge is 0.167 e. The summed E-state index contributed by atoms with van der Waals surface area (Å²) in [6.07, 6.45) is 3.99. The minimum Gasteiger partial charge on any atom is -0.313 e. The van der Waals surface area contributed by atoms with Crippen molar-refractivity contribution in [2.24, 2.45) is 0 Å². The molecule has 0 aliphatic carbocycles. The van der Waals surface area contributed by atoms with Gasteiger partial charge in [0.25, 0.3) is 0 Å². The van der Waals surface area contributed by atoms with Crippen molar-refractivity contribution in [1.82, 2.24) is 4.40 Å². The average Bonchev–Trinajstić information content (AvgIpc) is 3.14. The highest BCUT2D eigenvalue weighted by Crippen LogP contribution is 2.36. The molecule has 1 aromatic carbocycles. The molecule has 3 heteroatoms. The molecule has 0 saturated heterocycles. The van der Waals surface area contributed by atoms with E-state index in [1.165, 1.54) is 15.6 Å². The van der Waals surface area contributed by atoms with Crippen molar-refractivity contribution in [3.8, 4) is 10.4 Å². The third kappa shape index (κ3) is 1.97. The maximum absolute atomic E-state index is 11.7. The predicted octanol–water partition coefficient (Wildman–Crippen LogP) is 5.20. The van der Waals surface area contributed by atoms with Crippen LogP contribution in [0.3, 0.4) is 0 Å². The van der Waals surface area contributed by atoms with E-state index < -0.39 is 0 Å². The van der Waals surface area contributed by atoms with E-state index in [1.54, 1.807) is 11.3 Å². The molecule has 0 unspecified atom stereocenters. The first-order chi connectivity index (χ1) is 10.8. The Morgan fingerprint density at radius 2 is 2.00 bits per heavy atom. The van der Waals surface area contributed by atoms with Crippen LogP contribution in [0.25, 0.3) is 26.0 Å². The summed E-state index contributed by atoms with van der Waals surface area (Å²) in [5, 5.41) is 1.23. The Kier molecular flexibility index (Phi) is 3.09. The van der Waals surface area contributed by atoms with Gasteiger partial charge in [-0.15, -0.1) is 11.3 Å². The number of carbonyl (C=O) groups excluding carboxylic acids is 1. The number of aromatic nitrogens is 1. The first kappa shape index (κ1) is 13.3. The van der Waals surface area contributed by atoms with Gasteiger partial charge in [0.1, 0.15) is 0 Å². The van der Waals surface area contributed by atoms with Gasteiger partial charge in [-0.05, 0) is 41.6 Å². The summed E-state index contributed by atoms with van der Waals surface area (Å²) < 4.78 is 3.25. The molecule has 0 atom stereocenters. The van der Waals surface area contributed by atoms with E-state index in [-0.39, 0.29) is 0 Å². The van der Waals surface area contributed by atoms with Gasteiger partial charge in [-0.25, -0.2) is 0 Å². The van der Waals surface area contributed by atoms with Crippen LogP contribution in [0.1, 0.15) is 23.0 Å². The molecule has 0 spiro atoms. The van der Waals surface area contributed by atoms with Crippen LogP contribution >= 0.6 is 11.3 Å². The normalized spacial score (nSPS) is 11.3. The highest BCUT2D eigenvalue weighted by Gasteiger charge is 2.14. The van der Waals surface area contributed by atoms with Gasteiger partial charge in [-0.2, -0.15) is 0 Å². The molecule has 3 heterocycles. The molecule has 108 valence electrons. The topological polar surface area (TPSA) is 21.5 Å². The van der Waals surface area contributed by atoms with E-state index >= 15 is 0 Å². The summed E-state index contributed by atoms with van der Waals surface area (Å²) in [4.78, 5) is 12.8. The van der Waals surface area contributed by atoms with E-state index in [2.05, 4.69) is 49.5 Å². The fourth-order valence-electron chi connectivity index (χ4n) is 2.88. The SMILES string of the molecule is CCc1ccc2cc(-c3cc4ccccc4s3)c(C=O)n2c1. The average molecular weight is 305 g/mol. The van der Waals surface area contributed by atoms with E-state index in [0.717, 1.165) is 34.4 Å². The summed E-state index contributed by atoms with van der Waals surface area (Å²) in [7, 11) is 0. The number of benzene rings is 1. The maximum Gasteiger partial charge on any atom is 0.167 e. The second kappa shape index (κ2) is 5.11. The lowest BCUT2D eigenvalue weighted by Crippen LogP contribution is -1.93. The zero-order valence-electron chi connectivity index (χ0n) is 12.2. The number of hydrogen-bond donors (Lipinski definition) is 0. The Labute approximate surface area is 132 Å². The first-order valence-electron chi connectivity index (χ1n) is 7.38. The number of thiophene rings is 1. The summed E-state index contributed by atoms with van der Waals surface area (Å²) in [5.41, 5.74) is 4.04. The zero-order valence-corrected chi connectivity index (χ0v) is 13.1. The number of nitrogens with zero attached hydrogens (tertiary/aromatic N) is 1. The molecule has 2 nitrogen and oxygen atoms in total. The van der Waals surface area contributed by atoms with Gasteiger partial charge in [0.2, 0.25) is 0 Å². The molecule has 0 fully saturated rings. The fraction of sp³-hybridized carbons (Fsp3) is 0.105. The molecular weight excluding hydrogens is 290 g/mol. The third-order valence-electron chi connectivity index (χ3n) is 4.08. The molecule has 22 heavy (non-hydrogen) atoms. The molecule has 0 aliphatic rings. The third-order valence-corrected chi connectivity index (χ3v) is 5.23. The standard InChI is InChI=1S/C19H15NOS/c1-2-13-7-8-15-10-16(17(12-21)20(15)11-13)19-9-14-5-3-4-6-18(14)22-19/h3-12H,2H2,1H3. The molecule has 0 bridgehead atoms. The number of pyridine rings is 1. The Morgan fingerprint density at radius 3 is 2.77 bits per heavy atom. The number of aryl methyl sites for hydroxylation is 1. The molecule has 0 N–H and O–H groups in total. The van der Waals surface area contributed by atoms with Crippen LogP contribution in [-0.2, 0) is 6.42 Å². The lowest BCUT2D eigenvalue weighted by Gasteiger charge is -2.01. The summed E-state index contributed by atoms with van der Waals surface area (Å²) >= 11 is 1.73. The van der Waals surface area contributed by atoms with Crippen molar-refractivity contribution in [1.29, 1.82) is 0 Å². The largest absolute Gasteiger partial charge is 0.313 e. The maximum atomic E-state index is 11.7. The van der Waals surface area contributed by atoms with Crippen LogP contribution < -0.4 is 0 Å². The summed E-state index contributed by atoms with van der Waals surface area (Å²) in [6.45, 7) is 2.12. The van der Waals surface area contributed by atoms with Crippen LogP contribution in [0.15, 0.2) is 54.7 Å². The molecule has 0 radical (unpaired) electrons. The van der Waals surface area contributed by atoms with Crippen LogP contribution in [0.2, 0.25) is 0 Å². The second-order valence-corrected chi connectivity index (χ2v) is 6.48. The predicted molar refractivity (Wildman–Crippen MR) is 93.0 cm³/mol. The first-order valence-corrected chi connectivity index (χ1v) is 8.20. The van der Waals surface area contributed by atoms with Crippen LogP contribution in [-0.4, -0.2) is 10.7 Å². The van der Waals surface area contributed by atoms with Gasteiger partial charge in [0, 0.05) is 26.9 Å². The molecule has 0 amide bonds. The monoisotopic (exact) mass is 305 g/mol. The van der Waals surface area contributed by atoms with E-state index in [1.807, 2.05) is 16.5 Å². The summed E-state index contributed by atoms with van der Waals surface area (Å²) in [6, 6.07) is 16.8. The van der Waals surface area contributed by atoms with Crippen molar-refractivity contribution >= 4 is 33.2 Å². The van der Waals surface area contributed by atoms with Crippen molar-refractivity contribution in [3.05, 3.63) is 66.0 Å². The lowest BCUT2D eigenvalue weighted by molar-refractivity contribution is 0.111. The van der Waals surface area contributed by atoms with Crippen LogP contribution in [0, 0.1) is 0 Å². The molecule has 4 rings (SSSR count). The number of carbonyl (C=O) groups is 1. The van der Waals surface area contributed by atoms with E-state index in [0.29, 0.717) is 0 Å². The fourth-order valence-corrected chi connectivity index (χ4v) is 3.96. The molecule has 0 aliphatic heterocycles. The van der Waals surface area contributed by atoms with Crippen LogP contribution in [0.4, 0.5) is 0 Å². The highest BCUT2D eigenvalue weighted by molar-refractivity contribution is 7.22. The van der Waals surface area contributed by atoms with Crippen molar-refractivity contribution in [2.45, 2.75) is 13.3 Å². The quantitative estimate of drug-likeness (QED) is 0.477. The number of fused-ring (bicyclic) bond motifs is 2. The molecule has 0 saturated carbocycles. The Hall–Kier alpha value is -2.39. The van der Waals surface area contributed by atoms with Gasteiger partial charge in [-0.1, -0.05) is 31.2 Å². The van der Waals surface area contributed by atoms with Crippen molar-refractivity contribution in [2.75, 3.05) is 0 Å². The molecule has 4 aromatic rings. The minimum absolute atomic E-state index is 0.733. The number of aldehydes is 1. The van der Waals surface area contributed by atoms with E-state index in [9.17, 15) is 4.79 Å². The van der Waals surface area contributed by atoms with Crippen LogP contribution in [0.5, 0.6) is 0 Å². The van der Waals surface area contributed by atoms with Gasteiger partial charge >= 0.3 is 0 Å². The van der Waals surface area contributed by atoms with Gasteiger partial charge in [0.05, 0.1) is 5.69 Å². The van der Waals surface area contributed by atoms with Gasteiger partial charge in [-0.3, -0.25) is 4.79 Å². The Bertz CT molecular complexity index is 960. The van der Waals surface area contributed by atoms with E-state index in [4.69, 9.17) is 0 Å². The van der Waals surface area contributed by atoms with Crippen molar-refractivity contribution in [3.63, 3.8) is 0 Å². The Balaban J connectivity index is 1.99. The summed E-state index contributed by atoms with van der Waals surface area (Å²) in [5.74, 6) is 0. The number of rotatable bonds is 3. The second-order valence-electron chi connectivity index (χ2n) is 5.40. The number of hydrogen-bond acceptors (Lipinski definition) is 2. The highest BCUT2D eigenvalue weighted by atomic mass is 32.1. The van der Waals surface area contributed by atoms with Gasteiger partial charge < -0.3 is 4.40 Å².